The van der Waals surface area contributed by atoms with E-state index in [0.717, 1.165) is 0 Å². The Morgan fingerprint density at radius 1 is 1.14 bits per heavy atom. The van der Waals surface area contributed by atoms with Gasteiger partial charge in [0.1, 0.15) is 5.82 Å². The minimum atomic E-state index is -3.82. The fourth-order valence-electron chi connectivity index (χ4n) is 2.10. The van der Waals surface area contributed by atoms with Crippen LogP contribution in [-0.2, 0) is 10.0 Å². The monoisotopic (exact) mass is 309 g/mol. The van der Waals surface area contributed by atoms with Crippen LogP contribution < -0.4 is 15.8 Å². The lowest BCUT2D eigenvalue weighted by Crippen LogP contribution is -2.19. The van der Waals surface area contributed by atoms with Gasteiger partial charge in [-0.2, -0.15) is 0 Å². The van der Waals surface area contributed by atoms with Crippen LogP contribution in [0.3, 0.4) is 0 Å². The van der Waals surface area contributed by atoms with Gasteiger partial charge >= 0.3 is 0 Å². The largest absolute Gasteiger partial charge is 0.397 e. The van der Waals surface area contributed by atoms with Crippen LogP contribution in [-0.4, -0.2) is 15.0 Å². The maximum absolute atomic E-state index is 13.9. The lowest BCUT2D eigenvalue weighted by molar-refractivity contribution is 0.598. The second-order valence-corrected chi connectivity index (χ2v) is 6.02. The number of primary sulfonamides is 1. The summed E-state index contributed by atoms with van der Waals surface area (Å²) in [6.45, 7) is 2.32. The molecule has 2 aromatic carbocycles. The summed E-state index contributed by atoms with van der Waals surface area (Å²) in [7, 11) is -3.82. The van der Waals surface area contributed by atoms with Crippen molar-refractivity contribution in [2.24, 2.45) is 5.14 Å². The van der Waals surface area contributed by atoms with E-state index in [1.807, 2.05) is 6.92 Å². The Labute approximate surface area is 123 Å². The summed E-state index contributed by atoms with van der Waals surface area (Å²) in [5, 5.41) is 5.06. The molecule has 0 atom stereocenters. The maximum Gasteiger partial charge on any atom is 0.238 e. The standard InChI is InChI=1S/C14H16FN3O2S/c1-2-18(13-6-4-3-5-11(13)15)14-8-7-10(9-12(14)16)21(17,19)20/h3-9H,2,16H2,1H3,(H2,17,19,20). The fourth-order valence-corrected chi connectivity index (χ4v) is 2.65. The number of sulfonamides is 1. The van der Waals surface area contributed by atoms with Gasteiger partial charge in [-0.3, -0.25) is 0 Å². The smallest absolute Gasteiger partial charge is 0.238 e. The summed E-state index contributed by atoms with van der Waals surface area (Å²) < 4.78 is 36.5. The van der Waals surface area contributed by atoms with E-state index < -0.39 is 10.0 Å². The number of halogens is 1. The van der Waals surface area contributed by atoms with Gasteiger partial charge in [-0.1, -0.05) is 12.1 Å². The number of anilines is 3. The highest BCUT2D eigenvalue weighted by molar-refractivity contribution is 7.89. The molecule has 0 unspecified atom stereocenters. The average molecular weight is 309 g/mol. The molecule has 21 heavy (non-hydrogen) atoms. The van der Waals surface area contributed by atoms with Crippen LogP contribution >= 0.6 is 0 Å². The Balaban J connectivity index is 2.52. The Morgan fingerprint density at radius 3 is 2.33 bits per heavy atom. The first kappa shape index (κ1) is 15.3. The molecule has 0 bridgehead atoms. The normalized spacial score (nSPS) is 11.4. The minimum Gasteiger partial charge on any atom is -0.397 e. The lowest BCUT2D eigenvalue weighted by Gasteiger charge is -2.25. The van der Waals surface area contributed by atoms with Crippen molar-refractivity contribution >= 4 is 27.1 Å². The molecule has 7 heteroatoms. The van der Waals surface area contributed by atoms with Crippen LogP contribution in [0.4, 0.5) is 21.5 Å². The molecule has 5 nitrogen and oxygen atoms in total. The summed E-state index contributed by atoms with van der Waals surface area (Å²) in [5.41, 5.74) is 7.01. The predicted octanol–water partition coefficient (Wildman–Crippen LogP) is 2.21. The molecule has 0 fully saturated rings. The molecule has 0 aliphatic rings. The van der Waals surface area contributed by atoms with Crippen molar-refractivity contribution in [1.29, 1.82) is 0 Å². The summed E-state index contributed by atoms with van der Waals surface area (Å²) in [4.78, 5) is 1.59. The Hall–Kier alpha value is -2.12. The number of hydrogen-bond acceptors (Lipinski definition) is 4. The molecule has 2 rings (SSSR count). The molecule has 0 aliphatic heterocycles. The molecule has 2 aromatic rings. The molecule has 0 saturated heterocycles. The number of para-hydroxylation sites is 1. The highest BCUT2D eigenvalue weighted by Gasteiger charge is 2.16. The molecule has 0 radical (unpaired) electrons. The first-order valence-electron chi connectivity index (χ1n) is 6.29. The highest BCUT2D eigenvalue weighted by atomic mass is 32.2. The Kier molecular flexibility index (Phi) is 4.15. The van der Waals surface area contributed by atoms with Gasteiger partial charge in [0.15, 0.2) is 0 Å². The molecule has 0 amide bonds. The molecule has 0 saturated carbocycles. The van der Waals surface area contributed by atoms with Crippen molar-refractivity contribution in [1.82, 2.24) is 0 Å². The minimum absolute atomic E-state index is 0.0756. The van der Waals surface area contributed by atoms with Crippen molar-refractivity contribution in [3.63, 3.8) is 0 Å². The molecule has 0 heterocycles. The average Bonchev–Trinajstić information content (AvgIpc) is 2.42. The van der Waals surface area contributed by atoms with Gasteiger partial charge in [0, 0.05) is 6.54 Å². The number of nitrogen functional groups attached to an aromatic ring is 1. The first-order chi connectivity index (χ1) is 9.84. The Morgan fingerprint density at radius 2 is 1.81 bits per heavy atom. The zero-order chi connectivity index (χ0) is 15.6. The van der Waals surface area contributed by atoms with Crippen molar-refractivity contribution in [2.45, 2.75) is 11.8 Å². The number of rotatable bonds is 4. The SMILES string of the molecule is CCN(c1ccc(S(N)(=O)=O)cc1N)c1ccccc1F. The summed E-state index contributed by atoms with van der Waals surface area (Å²) >= 11 is 0. The van der Waals surface area contributed by atoms with E-state index in [-0.39, 0.29) is 16.4 Å². The zero-order valence-electron chi connectivity index (χ0n) is 11.5. The summed E-state index contributed by atoms with van der Waals surface area (Å²) in [6.07, 6.45) is 0. The number of nitrogens with two attached hydrogens (primary N) is 2. The molecule has 112 valence electrons. The third kappa shape index (κ3) is 3.14. The van der Waals surface area contributed by atoms with Gasteiger partial charge in [-0.15, -0.1) is 0 Å². The van der Waals surface area contributed by atoms with E-state index in [2.05, 4.69) is 0 Å². The van der Waals surface area contributed by atoms with Crippen LogP contribution in [0.25, 0.3) is 0 Å². The van der Waals surface area contributed by atoms with Gasteiger partial charge in [0.2, 0.25) is 10.0 Å². The third-order valence-corrected chi connectivity index (χ3v) is 3.99. The fraction of sp³-hybridized carbons (Fsp3) is 0.143. The molecule has 0 aliphatic carbocycles. The van der Waals surface area contributed by atoms with Crippen LogP contribution in [0.2, 0.25) is 0 Å². The van der Waals surface area contributed by atoms with Crippen molar-refractivity contribution in [3.05, 3.63) is 48.3 Å². The first-order valence-corrected chi connectivity index (χ1v) is 7.83. The number of hydrogen-bond donors (Lipinski definition) is 2. The van der Waals surface area contributed by atoms with Gasteiger partial charge in [-0.25, -0.2) is 17.9 Å². The lowest BCUT2D eigenvalue weighted by atomic mass is 10.2. The molecule has 0 aromatic heterocycles. The predicted molar refractivity (Wildman–Crippen MR) is 81.3 cm³/mol. The van der Waals surface area contributed by atoms with E-state index in [4.69, 9.17) is 10.9 Å². The number of benzene rings is 2. The maximum atomic E-state index is 13.9. The van der Waals surface area contributed by atoms with E-state index in [0.29, 0.717) is 17.9 Å². The summed E-state index contributed by atoms with van der Waals surface area (Å²) in [6, 6.07) is 10.4. The van der Waals surface area contributed by atoms with Gasteiger partial charge in [0.05, 0.1) is 22.0 Å². The number of nitrogens with zero attached hydrogens (tertiary/aromatic N) is 1. The highest BCUT2D eigenvalue weighted by Crippen LogP contribution is 2.32. The van der Waals surface area contributed by atoms with E-state index in [9.17, 15) is 12.8 Å². The topological polar surface area (TPSA) is 89.4 Å². The molecular weight excluding hydrogens is 293 g/mol. The van der Waals surface area contributed by atoms with Crippen molar-refractivity contribution < 1.29 is 12.8 Å². The van der Waals surface area contributed by atoms with E-state index >= 15 is 0 Å². The quantitative estimate of drug-likeness (QED) is 0.847. The summed E-state index contributed by atoms with van der Waals surface area (Å²) in [5.74, 6) is -0.380. The van der Waals surface area contributed by atoms with Crippen LogP contribution in [0, 0.1) is 5.82 Å². The van der Waals surface area contributed by atoms with Crippen molar-refractivity contribution in [3.8, 4) is 0 Å². The van der Waals surface area contributed by atoms with E-state index in [1.165, 1.54) is 24.3 Å². The Bertz CT molecular complexity index is 763. The van der Waals surface area contributed by atoms with Gasteiger partial charge in [0.25, 0.3) is 0 Å². The van der Waals surface area contributed by atoms with Crippen LogP contribution in [0.15, 0.2) is 47.4 Å². The second-order valence-electron chi connectivity index (χ2n) is 4.46. The second kappa shape index (κ2) is 5.71. The molecule has 0 spiro atoms. The van der Waals surface area contributed by atoms with Crippen LogP contribution in [0.1, 0.15) is 6.92 Å². The van der Waals surface area contributed by atoms with Gasteiger partial charge in [-0.05, 0) is 37.3 Å². The molecular formula is C14H16FN3O2S. The van der Waals surface area contributed by atoms with E-state index in [1.54, 1.807) is 23.1 Å². The van der Waals surface area contributed by atoms with Crippen LogP contribution in [0.5, 0.6) is 0 Å². The van der Waals surface area contributed by atoms with Gasteiger partial charge < -0.3 is 10.6 Å². The molecule has 4 N–H and O–H groups in total. The zero-order valence-corrected chi connectivity index (χ0v) is 12.3. The third-order valence-electron chi connectivity index (χ3n) is 3.08. The van der Waals surface area contributed by atoms with Crippen molar-refractivity contribution in [2.75, 3.05) is 17.2 Å².